The summed E-state index contributed by atoms with van der Waals surface area (Å²) in [5, 5.41) is 10.8. The van der Waals surface area contributed by atoms with Crippen LogP contribution in [0.15, 0.2) is 49.1 Å². The van der Waals surface area contributed by atoms with E-state index >= 15 is 0 Å². The number of fused-ring (bicyclic) bond motifs is 1. The third-order valence-corrected chi connectivity index (χ3v) is 6.27. The second kappa shape index (κ2) is 11.4. The summed E-state index contributed by atoms with van der Waals surface area (Å²) in [6, 6.07) is 11.4. The number of benzene rings is 2. The van der Waals surface area contributed by atoms with Gasteiger partial charge in [-0.3, -0.25) is 4.79 Å². The molecule has 1 N–H and O–H groups in total. The summed E-state index contributed by atoms with van der Waals surface area (Å²) < 4.78 is 22.6. The van der Waals surface area contributed by atoms with E-state index in [0.717, 1.165) is 29.8 Å². The molecule has 8 heteroatoms. The highest BCUT2D eigenvalue weighted by molar-refractivity contribution is 5.79. The molecule has 0 radical (unpaired) electrons. The third kappa shape index (κ3) is 6.00. The van der Waals surface area contributed by atoms with E-state index in [1.165, 1.54) is 0 Å². The maximum atomic E-state index is 13.0. The molecule has 1 fully saturated rings. The van der Waals surface area contributed by atoms with Crippen molar-refractivity contribution in [3.05, 3.63) is 54.6 Å². The average Bonchev–Trinajstić information content (AvgIpc) is 3.71. The summed E-state index contributed by atoms with van der Waals surface area (Å²) in [5.74, 6) is 2.73. The first-order valence-electron chi connectivity index (χ1n) is 12.0. The predicted molar refractivity (Wildman–Crippen MR) is 134 cm³/mol. The van der Waals surface area contributed by atoms with Gasteiger partial charge in [-0.25, -0.2) is 0 Å². The summed E-state index contributed by atoms with van der Waals surface area (Å²) in [5.41, 5.74) is 1.81. The van der Waals surface area contributed by atoms with E-state index in [1.54, 1.807) is 32.4 Å². The Morgan fingerprint density at radius 3 is 2.49 bits per heavy atom. The Morgan fingerprint density at radius 2 is 1.83 bits per heavy atom. The zero-order valence-electron chi connectivity index (χ0n) is 20.4. The number of hydrogen-bond acceptors (Lipinski definition) is 7. The number of methoxy groups -OCH3 is 2. The molecule has 1 atom stereocenters. The van der Waals surface area contributed by atoms with Crippen LogP contribution in [0, 0.1) is 0 Å². The number of β-amino-alcohol motifs (C(OH)–C–C–N with tert-alkyl or cyclic N) is 1. The lowest BCUT2D eigenvalue weighted by atomic mass is 10.1. The number of hydrogen-bond donors (Lipinski definition) is 1. The molecule has 2 aliphatic rings. The molecule has 0 aromatic heterocycles. The number of carbonyl (C=O) groups excluding carboxylic acids is 1. The van der Waals surface area contributed by atoms with Crippen molar-refractivity contribution >= 4 is 11.6 Å². The monoisotopic (exact) mass is 482 g/mol. The standard InChI is InChI=1S/C27H34N2O6/c1-4-15-34-27-23-17-29(19-5-6-19)26(31)13-14-28(24(23)11-12-25(27)33-3)16-20(30)18-35-22-9-7-21(32-2)8-10-22/h4,7-12,19-20,30H,1,5-6,13-18H2,2-3H3. The fourth-order valence-electron chi connectivity index (χ4n) is 4.34. The van der Waals surface area contributed by atoms with Gasteiger partial charge in [0.25, 0.3) is 0 Å². The van der Waals surface area contributed by atoms with E-state index in [0.29, 0.717) is 49.9 Å². The Labute approximate surface area is 206 Å². The molecule has 1 heterocycles. The molecule has 1 unspecified atom stereocenters. The van der Waals surface area contributed by atoms with Crippen LogP contribution in [-0.2, 0) is 11.3 Å². The van der Waals surface area contributed by atoms with Crippen LogP contribution in [-0.4, -0.2) is 68.6 Å². The van der Waals surface area contributed by atoms with Crippen molar-refractivity contribution in [2.24, 2.45) is 0 Å². The molecule has 2 aromatic carbocycles. The highest BCUT2D eigenvalue weighted by Gasteiger charge is 2.36. The Kier molecular flexibility index (Phi) is 8.02. The van der Waals surface area contributed by atoms with Crippen LogP contribution in [0.5, 0.6) is 23.0 Å². The van der Waals surface area contributed by atoms with E-state index in [-0.39, 0.29) is 18.6 Å². The van der Waals surface area contributed by atoms with E-state index < -0.39 is 6.10 Å². The number of carbonyl (C=O) groups is 1. The molecule has 1 aliphatic heterocycles. The van der Waals surface area contributed by atoms with Gasteiger partial charge in [-0.1, -0.05) is 12.7 Å². The molecule has 2 aromatic rings. The fourth-order valence-corrected chi connectivity index (χ4v) is 4.34. The molecule has 8 nitrogen and oxygen atoms in total. The summed E-state index contributed by atoms with van der Waals surface area (Å²) in [4.78, 5) is 17.0. The van der Waals surface area contributed by atoms with Gasteiger partial charge in [0.2, 0.25) is 5.91 Å². The minimum absolute atomic E-state index is 0.115. The van der Waals surface area contributed by atoms with Crippen LogP contribution in [0.25, 0.3) is 0 Å². The molecule has 0 saturated heterocycles. The van der Waals surface area contributed by atoms with Gasteiger partial charge in [-0.2, -0.15) is 0 Å². The number of ether oxygens (including phenoxy) is 4. The number of aliphatic hydroxyl groups is 1. The fraction of sp³-hybridized carbons (Fsp3) is 0.444. The number of rotatable bonds is 11. The highest BCUT2D eigenvalue weighted by atomic mass is 16.5. The first-order chi connectivity index (χ1) is 17.0. The Hall–Kier alpha value is -3.39. The molecular formula is C27H34N2O6. The Bertz CT molecular complexity index is 1020. The smallest absolute Gasteiger partial charge is 0.224 e. The number of nitrogens with zero attached hydrogens (tertiary/aromatic N) is 2. The minimum Gasteiger partial charge on any atom is -0.497 e. The van der Waals surface area contributed by atoms with Crippen LogP contribution in [0.1, 0.15) is 24.8 Å². The summed E-state index contributed by atoms with van der Waals surface area (Å²) in [7, 11) is 3.21. The van der Waals surface area contributed by atoms with Gasteiger partial charge in [0.1, 0.15) is 30.8 Å². The lowest BCUT2D eigenvalue weighted by molar-refractivity contribution is -0.132. The van der Waals surface area contributed by atoms with Crippen LogP contribution >= 0.6 is 0 Å². The van der Waals surface area contributed by atoms with Gasteiger partial charge in [0.15, 0.2) is 11.5 Å². The van der Waals surface area contributed by atoms with Gasteiger partial charge >= 0.3 is 0 Å². The van der Waals surface area contributed by atoms with Gasteiger partial charge in [0, 0.05) is 36.8 Å². The maximum absolute atomic E-state index is 13.0. The van der Waals surface area contributed by atoms with Crippen LogP contribution in [0.4, 0.5) is 5.69 Å². The third-order valence-electron chi connectivity index (χ3n) is 6.27. The molecule has 1 saturated carbocycles. The second-order valence-electron chi connectivity index (χ2n) is 8.78. The van der Waals surface area contributed by atoms with E-state index in [9.17, 15) is 9.90 Å². The second-order valence-corrected chi connectivity index (χ2v) is 8.78. The first kappa shape index (κ1) is 24.7. The van der Waals surface area contributed by atoms with Crippen LogP contribution in [0.3, 0.4) is 0 Å². The number of aliphatic hydroxyl groups excluding tert-OH is 1. The van der Waals surface area contributed by atoms with Crippen molar-refractivity contribution in [2.75, 3.05) is 45.4 Å². The van der Waals surface area contributed by atoms with E-state index in [1.807, 2.05) is 34.1 Å². The van der Waals surface area contributed by atoms with Gasteiger partial charge < -0.3 is 33.9 Å². The van der Waals surface area contributed by atoms with E-state index in [4.69, 9.17) is 18.9 Å². The molecule has 0 spiro atoms. The van der Waals surface area contributed by atoms with Crippen molar-refractivity contribution in [3.63, 3.8) is 0 Å². The number of anilines is 1. The molecule has 1 aliphatic carbocycles. The Morgan fingerprint density at radius 1 is 1.09 bits per heavy atom. The summed E-state index contributed by atoms with van der Waals surface area (Å²) in [6.07, 6.45) is 3.36. The summed E-state index contributed by atoms with van der Waals surface area (Å²) >= 11 is 0. The molecule has 1 amide bonds. The van der Waals surface area contributed by atoms with Crippen molar-refractivity contribution < 1.29 is 28.8 Å². The quantitative estimate of drug-likeness (QED) is 0.492. The Balaban J connectivity index is 1.56. The van der Waals surface area contributed by atoms with Gasteiger partial charge in [-0.05, 0) is 49.2 Å². The van der Waals surface area contributed by atoms with Crippen molar-refractivity contribution in [3.8, 4) is 23.0 Å². The molecule has 35 heavy (non-hydrogen) atoms. The van der Waals surface area contributed by atoms with E-state index in [2.05, 4.69) is 6.58 Å². The van der Waals surface area contributed by atoms with Gasteiger partial charge in [-0.15, -0.1) is 0 Å². The maximum Gasteiger partial charge on any atom is 0.224 e. The molecule has 0 bridgehead atoms. The number of amides is 1. The normalized spacial score (nSPS) is 16.6. The lowest BCUT2D eigenvalue weighted by Gasteiger charge is -2.35. The topological polar surface area (TPSA) is 80.7 Å². The predicted octanol–water partition coefficient (Wildman–Crippen LogP) is 3.41. The largest absolute Gasteiger partial charge is 0.497 e. The highest BCUT2D eigenvalue weighted by Crippen LogP contribution is 2.42. The lowest BCUT2D eigenvalue weighted by Crippen LogP contribution is -2.42. The van der Waals surface area contributed by atoms with Crippen molar-refractivity contribution in [1.29, 1.82) is 0 Å². The molecule has 4 rings (SSSR count). The molecular weight excluding hydrogens is 448 g/mol. The van der Waals surface area contributed by atoms with Crippen molar-refractivity contribution in [2.45, 2.75) is 38.0 Å². The van der Waals surface area contributed by atoms with Crippen LogP contribution < -0.4 is 23.8 Å². The van der Waals surface area contributed by atoms with Gasteiger partial charge in [0.05, 0.1) is 20.8 Å². The van der Waals surface area contributed by atoms with Crippen LogP contribution in [0.2, 0.25) is 0 Å². The zero-order valence-corrected chi connectivity index (χ0v) is 20.4. The minimum atomic E-state index is -0.765. The molecule has 188 valence electrons. The average molecular weight is 483 g/mol. The zero-order chi connectivity index (χ0) is 24.8. The summed E-state index contributed by atoms with van der Waals surface area (Å²) in [6.45, 7) is 5.44. The SMILES string of the molecule is C=CCOc1c(OC)ccc2c1CN(C1CC1)C(=O)CCN2CC(O)COc1ccc(OC)cc1. The van der Waals surface area contributed by atoms with Crippen molar-refractivity contribution in [1.82, 2.24) is 4.90 Å². The first-order valence-corrected chi connectivity index (χ1v) is 12.0.